The fourth-order valence-electron chi connectivity index (χ4n) is 1.90. The molecule has 5 nitrogen and oxygen atoms in total. The van der Waals surface area contributed by atoms with Gasteiger partial charge in [-0.2, -0.15) is 0 Å². The van der Waals surface area contributed by atoms with E-state index in [1.54, 1.807) is 19.1 Å². The minimum absolute atomic E-state index is 0.0426. The first-order valence-corrected chi connectivity index (χ1v) is 6.29. The van der Waals surface area contributed by atoms with E-state index in [-0.39, 0.29) is 23.6 Å². The van der Waals surface area contributed by atoms with Crippen LogP contribution >= 0.6 is 0 Å². The fourth-order valence-corrected chi connectivity index (χ4v) is 1.90. The quantitative estimate of drug-likeness (QED) is 0.678. The SMILES string of the molecule is Cc1ccc(OCC(O)c2ccccc2F)c([N+](=O)[O-])c1. The summed E-state index contributed by atoms with van der Waals surface area (Å²) in [5.74, 6) is -0.506. The minimum atomic E-state index is -1.20. The van der Waals surface area contributed by atoms with Gasteiger partial charge in [0.2, 0.25) is 0 Å². The third-order valence-corrected chi connectivity index (χ3v) is 2.97. The smallest absolute Gasteiger partial charge is 0.311 e. The van der Waals surface area contributed by atoms with E-state index < -0.39 is 16.8 Å². The highest BCUT2D eigenvalue weighted by Gasteiger charge is 2.18. The number of rotatable bonds is 5. The first kappa shape index (κ1) is 14.9. The molecule has 0 saturated heterocycles. The molecule has 0 bridgehead atoms. The lowest BCUT2D eigenvalue weighted by Crippen LogP contribution is -2.12. The van der Waals surface area contributed by atoms with Gasteiger partial charge in [0.05, 0.1) is 4.92 Å². The number of nitro groups is 1. The van der Waals surface area contributed by atoms with Crippen LogP contribution in [0.5, 0.6) is 5.75 Å². The van der Waals surface area contributed by atoms with Gasteiger partial charge in [0, 0.05) is 11.6 Å². The van der Waals surface area contributed by atoms with Crippen molar-refractivity contribution in [1.29, 1.82) is 0 Å². The molecule has 1 N–H and O–H groups in total. The lowest BCUT2D eigenvalue weighted by Gasteiger charge is -2.13. The Labute approximate surface area is 120 Å². The summed E-state index contributed by atoms with van der Waals surface area (Å²) >= 11 is 0. The van der Waals surface area contributed by atoms with Crippen LogP contribution in [0, 0.1) is 22.9 Å². The second kappa shape index (κ2) is 6.32. The largest absolute Gasteiger partial charge is 0.484 e. The van der Waals surface area contributed by atoms with Gasteiger partial charge in [-0.3, -0.25) is 10.1 Å². The molecule has 2 aromatic rings. The van der Waals surface area contributed by atoms with Crippen LogP contribution in [0.4, 0.5) is 10.1 Å². The Hall–Kier alpha value is -2.47. The van der Waals surface area contributed by atoms with Crippen LogP contribution in [-0.4, -0.2) is 16.6 Å². The van der Waals surface area contributed by atoms with E-state index in [0.717, 1.165) is 5.56 Å². The summed E-state index contributed by atoms with van der Waals surface area (Å²) in [5.41, 5.74) is 0.631. The maximum Gasteiger partial charge on any atom is 0.311 e. The molecule has 0 aliphatic heterocycles. The second-order valence-electron chi connectivity index (χ2n) is 4.58. The average molecular weight is 291 g/mol. The standard InChI is InChI=1S/C15H14FNO4/c1-10-6-7-15(13(8-10)17(19)20)21-9-14(18)11-4-2-3-5-12(11)16/h2-8,14,18H,9H2,1H3. The molecule has 0 spiro atoms. The average Bonchev–Trinajstić information content (AvgIpc) is 2.46. The zero-order valence-electron chi connectivity index (χ0n) is 11.3. The van der Waals surface area contributed by atoms with Gasteiger partial charge in [0.15, 0.2) is 5.75 Å². The van der Waals surface area contributed by atoms with Crippen LogP contribution in [0.1, 0.15) is 17.2 Å². The van der Waals surface area contributed by atoms with Gasteiger partial charge in [-0.1, -0.05) is 24.3 Å². The predicted octanol–water partition coefficient (Wildman–Crippen LogP) is 3.15. The van der Waals surface area contributed by atoms with Gasteiger partial charge >= 0.3 is 5.69 Å². The highest BCUT2D eigenvalue weighted by molar-refractivity contribution is 5.48. The summed E-state index contributed by atoms with van der Waals surface area (Å²) in [7, 11) is 0. The van der Waals surface area contributed by atoms with Crippen LogP contribution in [0.25, 0.3) is 0 Å². The predicted molar refractivity (Wildman–Crippen MR) is 74.7 cm³/mol. The number of aliphatic hydroxyl groups excluding tert-OH is 1. The van der Waals surface area contributed by atoms with Crippen molar-refractivity contribution in [3.63, 3.8) is 0 Å². The number of nitrogens with zero attached hydrogens (tertiary/aromatic N) is 1. The Bertz CT molecular complexity index is 660. The summed E-state index contributed by atoms with van der Waals surface area (Å²) < 4.78 is 18.8. The summed E-state index contributed by atoms with van der Waals surface area (Å²) in [6.45, 7) is 1.45. The van der Waals surface area contributed by atoms with Crippen molar-refractivity contribution in [2.45, 2.75) is 13.0 Å². The number of nitro benzene ring substituents is 1. The number of aryl methyl sites for hydroxylation is 1. The number of hydrogen-bond acceptors (Lipinski definition) is 4. The van der Waals surface area contributed by atoms with E-state index in [1.807, 2.05) is 0 Å². The fraction of sp³-hybridized carbons (Fsp3) is 0.200. The molecule has 0 heterocycles. The molecule has 2 aromatic carbocycles. The highest BCUT2D eigenvalue weighted by atomic mass is 19.1. The van der Waals surface area contributed by atoms with Crippen LogP contribution in [-0.2, 0) is 0 Å². The van der Waals surface area contributed by atoms with Crippen molar-refractivity contribution in [3.8, 4) is 5.75 Å². The summed E-state index contributed by atoms with van der Waals surface area (Å²) in [6.07, 6.45) is -1.20. The van der Waals surface area contributed by atoms with Crippen LogP contribution < -0.4 is 4.74 Å². The zero-order chi connectivity index (χ0) is 15.4. The molecule has 0 aliphatic carbocycles. The second-order valence-corrected chi connectivity index (χ2v) is 4.58. The van der Waals surface area contributed by atoms with Gasteiger partial charge < -0.3 is 9.84 Å². The summed E-state index contributed by atoms with van der Waals surface area (Å²) in [5, 5.41) is 20.9. The van der Waals surface area contributed by atoms with Crippen molar-refractivity contribution >= 4 is 5.69 Å². The van der Waals surface area contributed by atoms with E-state index in [0.29, 0.717) is 0 Å². The summed E-state index contributed by atoms with van der Waals surface area (Å²) in [6, 6.07) is 10.3. The van der Waals surface area contributed by atoms with E-state index in [4.69, 9.17) is 4.74 Å². The van der Waals surface area contributed by atoms with E-state index in [2.05, 4.69) is 0 Å². The molecule has 0 amide bonds. The molecule has 21 heavy (non-hydrogen) atoms. The summed E-state index contributed by atoms with van der Waals surface area (Å²) in [4.78, 5) is 10.4. The molecular weight excluding hydrogens is 277 g/mol. The van der Waals surface area contributed by atoms with Crippen molar-refractivity contribution in [3.05, 3.63) is 69.5 Å². The molecule has 6 heteroatoms. The van der Waals surface area contributed by atoms with Gasteiger partial charge in [0.1, 0.15) is 18.5 Å². The maximum absolute atomic E-state index is 13.5. The number of halogens is 1. The van der Waals surface area contributed by atoms with Gasteiger partial charge in [0.25, 0.3) is 0 Å². The molecular formula is C15H14FNO4. The third-order valence-electron chi connectivity index (χ3n) is 2.97. The van der Waals surface area contributed by atoms with Crippen molar-refractivity contribution in [1.82, 2.24) is 0 Å². The molecule has 0 radical (unpaired) electrons. The lowest BCUT2D eigenvalue weighted by atomic mass is 10.1. The van der Waals surface area contributed by atoms with Crippen molar-refractivity contribution < 1.29 is 19.2 Å². The lowest BCUT2D eigenvalue weighted by molar-refractivity contribution is -0.386. The number of ether oxygens (including phenoxy) is 1. The minimum Gasteiger partial charge on any atom is -0.484 e. The van der Waals surface area contributed by atoms with E-state index in [9.17, 15) is 19.6 Å². The van der Waals surface area contributed by atoms with Gasteiger partial charge in [-0.25, -0.2) is 4.39 Å². The van der Waals surface area contributed by atoms with Crippen molar-refractivity contribution in [2.24, 2.45) is 0 Å². The topological polar surface area (TPSA) is 72.6 Å². The molecule has 1 unspecified atom stereocenters. The van der Waals surface area contributed by atoms with Crippen LogP contribution in [0.3, 0.4) is 0 Å². The van der Waals surface area contributed by atoms with Crippen molar-refractivity contribution in [2.75, 3.05) is 6.61 Å². The Morgan fingerprint density at radius 2 is 2.05 bits per heavy atom. The Morgan fingerprint density at radius 1 is 1.33 bits per heavy atom. The van der Waals surface area contributed by atoms with E-state index in [1.165, 1.54) is 30.3 Å². The normalized spacial score (nSPS) is 12.0. The zero-order valence-corrected chi connectivity index (χ0v) is 11.3. The molecule has 110 valence electrons. The maximum atomic E-state index is 13.5. The van der Waals surface area contributed by atoms with Gasteiger partial charge in [-0.05, 0) is 24.6 Å². The molecule has 1 atom stereocenters. The third kappa shape index (κ3) is 3.55. The monoisotopic (exact) mass is 291 g/mol. The van der Waals surface area contributed by atoms with Crippen LogP contribution in [0.2, 0.25) is 0 Å². The molecule has 0 aliphatic rings. The molecule has 0 aromatic heterocycles. The Morgan fingerprint density at radius 3 is 2.71 bits per heavy atom. The molecule has 0 saturated carbocycles. The number of aliphatic hydroxyl groups is 1. The van der Waals surface area contributed by atoms with Crippen LogP contribution in [0.15, 0.2) is 42.5 Å². The molecule has 2 rings (SSSR count). The number of benzene rings is 2. The first-order valence-electron chi connectivity index (χ1n) is 6.29. The number of hydrogen-bond donors (Lipinski definition) is 1. The highest BCUT2D eigenvalue weighted by Crippen LogP contribution is 2.29. The van der Waals surface area contributed by atoms with Gasteiger partial charge in [-0.15, -0.1) is 0 Å². The Kier molecular flexibility index (Phi) is 4.49. The van der Waals surface area contributed by atoms with E-state index >= 15 is 0 Å². The Balaban J connectivity index is 2.13. The molecule has 0 fully saturated rings. The first-order chi connectivity index (χ1) is 9.99.